The van der Waals surface area contributed by atoms with E-state index in [0.717, 1.165) is 6.92 Å². The van der Waals surface area contributed by atoms with Gasteiger partial charge in [0.1, 0.15) is 18.8 Å². The second-order valence-electron chi connectivity index (χ2n) is 4.67. The molecule has 1 rings (SSSR count). The summed E-state index contributed by atoms with van der Waals surface area (Å²) in [7, 11) is 0. The number of halogens is 1. The molecule has 0 N–H and O–H groups in total. The Morgan fingerprint density at radius 3 is 2.17 bits per heavy atom. The number of rotatable bonds is 5. The van der Waals surface area contributed by atoms with Gasteiger partial charge in [-0.15, -0.1) is 0 Å². The lowest BCUT2D eigenvalue weighted by atomic mass is 9.97. The lowest BCUT2D eigenvalue weighted by molar-refractivity contribution is -0.201. The third-order valence-corrected chi connectivity index (χ3v) is 3.58. The Morgan fingerprint density at radius 1 is 1.13 bits per heavy atom. The predicted octanol–water partition coefficient (Wildman–Crippen LogP) is 1.21. The lowest BCUT2D eigenvalue weighted by Gasteiger charge is -2.41. The molecular weight excluding hydrogens is 378 g/mol. The minimum absolute atomic E-state index is 0.217. The van der Waals surface area contributed by atoms with Crippen LogP contribution in [-0.4, -0.2) is 53.9 Å². The Bertz CT molecular complexity index is 523. The Morgan fingerprint density at radius 2 is 1.70 bits per heavy atom. The van der Waals surface area contributed by atoms with Crippen LogP contribution in [0.3, 0.4) is 0 Å². The Hall–Kier alpha value is -1.84. The largest absolute Gasteiger partial charge is 0.463 e. The molecule has 5 atom stereocenters. The van der Waals surface area contributed by atoms with Crippen LogP contribution in [0.25, 0.3) is 10.4 Å². The van der Waals surface area contributed by atoms with Gasteiger partial charge in [-0.25, -0.2) is 0 Å². The van der Waals surface area contributed by atoms with E-state index in [1.165, 1.54) is 13.8 Å². The normalized spacial score (nSPS) is 29.8. The number of esters is 3. The van der Waals surface area contributed by atoms with Gasteiger partial charge in [0.15, 0.2) is 17.2 Å². The first kappa shape index (κ1) is 19.2. The summed E-state index contributed by atoms with van der Waals surface area (Å²) in [6.07, 6.45) is -3.00. The van der Waals surface area contributed by atoms with Gasteiger partial charge < -0.3 is 18.9 Å². The second kappa shape index (κ2) is 8.70. The average Bonchev–Trinajstić information content (AvgIpc) is 2.43. The number of alkyl halides is 1. The summed E-state index contributed by atoms with van der Waals surface area (Å²) in [6.45, 7) is 3.34. The summed E-state index contributed by atoms with van der Waals surface area (Å²) in [6, 6.07) is -1.04. The first-order valence-corrected chi connectivity index (χ1v) is 7.49. The number of hydrogen-bond donors (Lipinski definition) is 0. The summed E-state index contributed by atoms with van der Waals surface area (Å²) in [5.41, 5.74) is 8.73. The average molecular weight is 394 g/mol. The summed E-state index contributed by atoms with van der Waals surface area (Å²) >= 11 is 3.17. The smallest absolute Gasteiger partial charge is 0.303 e. The third-order valence-electron chi connectivity index (χ3n) is 2.84. The van der Waals surface area contributed by atoms with E-state index in [1.54, 1.807) is 0 Å². The predicted molar refractivity (Wildman–Crippen MR) is 78.3 cm³/mol. The molecule has 0 amide bonds. The van der Waals surface area contributed by atoms with Gasteiger partial charge in [0, 0.05) is 25.7 Å². The minimum Gasteiger partial charge on any atom is -0.463 e. The quantitative estimate of drug-likeness (QED) is 0.171. The van der Waals surface area contributed by atoms with Crippen molar-refractivity contribution in [2.24, 2.45) is 5.11 Å². The molecule has 0 aromatic carbocycles. The topological polar surface area (TPSA) is 137 Å². The van der Waals surface area contributed by atoms with Gasteiger partial charge in [0.2, 0.25) is 0 Å². The molecule has 1 aliphatic heterocycles. The highest BCUT2D eigenvalue weighted by Gasteiger charge is 2.49. The van der Waals surface area contributed by atoms with Crippen LogP contribution in [0.15, 0.2) is 5.11 Å². The number of ether oxygens (including phenoxy) is 4. The fourth-order valence-corrected chi connectivity index (χ4v) is 2.74. The summed E-state index contributed by atoms with van der Waals surface area (Å²) in [4.78, 5) is 36.2. The number of carbonyl (C=O) groups excluding carboxylic acids is 3. The molecule has 1 heterocycles. The van der Waals surface area contributed by atoms with Crippen molar-refractivity contribution < 1.29 is 33.3 Å². The first-order chi connectivity index (χ1) is 10.8. The molecule has 1 fully saturated rings. The second-order valence-corrected chi connectivity index (χ2v) is 5.57. The summed E-state index contributed by atoms with van der Waals surface area (Å²) < 4.78 is 20.6. The SMILES string of the molecule is CC(=O)OC[C@H]1OC(Br)[C@H](OC(C)=O)[C@@H](OC(C)=O)[C@@H]1N=[N+]=[N-]. The zero-order valence-electron chi connectivity index (χ0n) is 12.7. The minimum atomic E-state index is -1.09. The van der Waals surface area contributed by atoms with Gasteiger partial charge >= 0.3 is 17.9 Å². The van der Waals surface area contributed by atoms with Gasteiger partial charge in [-0.1, -0.05) is 21.0 Å². The number of hydrogen-bond acceptors (Lipinski definition) is 8. The summed E-state index contributed by atoms with van der Waals surface area (Å²) in [5, 5.41) is 2.70. The van der Waals surface area contributed by atoms with Crippen molar-refractivity contribution in [2.75, 3.05) is 6.61 Å². The molecule has 0 bridgehead atoms. The maximum Gasteiger partial charge on any atom is 0.303 e. The van der Waals surface area contributed by atoms with E-state index in [2.05, 4.69) is 26.0 Å². The van der Waals surface area contributed by atoms with Crippen LogP contribution in [0.4, 0.5) is 0 Å². The molecule has 0 aromatic heterocycles. The van der Waals surface area contributed by atoms with Crippen molar-refractivity contribution in [3.63, 3.8) is 0 Å². The van der Waals surface area contributed by atoms with Crippen LogP contribution < -0.4 is 0 Å². The van der Waals surface area contributed by atoms with Gasteiger partial charge in [0.25, 0.3) is 0 Å². The maximum absolute atomic E-state index is 11.3. The fraction of sp³-hybridized carbons (Fsp3) is 0.750. The van der Waals surface area contributed by atoms with Gasteiger partial charge in [-0.3, -0.25) is 14.4 Å². The molecule has 0 radical (unpaired) electrons. The first-order valence-electron chi connectivity index (χ1n) is 6.57. The highest BCUT2D eigenvalue weighted by Crippen LogP contribution is 2.31. The van der Waals surface area contributed by atoms with Crippen LogP contribution in [0.5, 0.6) is 0 Å². The van der Waals surface area contributed by atoms with Crippen molar-refractivity contribution in [1.29, 1.82) is 0 Å². The molecular formula is C12H16BrN3O7. The van der Waals surface area contributed by atoms with Crippen molar-refractivity contribution in [1.82, 2.24) is 0 Å². The molecule has 0 aliphatic carbocycles. The lowest BCUT2D eigenvalue weighted by Crippen LogP contribution is -2.58. The van der Waals surface area contributed by atoms with Gasteiger partial charge in [-0.2, -0.15) is 0 Å². The molecule has 11 heteroatoms. The molecule has 1 saturated heterocycles. The Labute approximate surface area is 140 Å². The van der Waals surface area contributed by atoms with E-state index in [-0.39, 0.29) is 6.61 Å². The van der Waals surface area contributed by atoms with Crippen molar-refractivity contribution >= 4 is 33.8 Å². The molecule has 1 unspecified atom stereocenters. The fourth-order valence-electron chi connectivity index (χ4n) is 2.06. The number of carbonyl (C=O) groups is 3. The van der Waals surface area contributed by atoms with Crippen LogP contribution in [-0.2, 0) is 33.3 Å². The zero-order chi connectivity index (χ0) is 17.6. The monoisotopic (exact) mass is 393 g/mol. The van der Waals surface area contributed by atoms with E-state index in [0.29, 0.717) is 0 Å². The molecule has 0 aromatic rings. The van der Waals surface area contributed by atoms with E-state index >= 15 is 0 Å². The van der Waals surface area contributed by atoms with Crippen LogP contribution >= 0.6 is 15.9 Å². The number of azide groups is 1. The highest BCUT2D eigenvalue weighted by atomic mass is 79.9. The molecule has 10 nitrogen and oxygen atoms in total. The van der Waals surface area contributed by atoms with Crippen molar-refractivity contribution in [3.8, 4) is 0 Å². The number of nitrogens with zero attached hydrogens (tertiary/aromatic N) is 3. The molecule has 23 heavy (non-hydrogen) atoms. The van der Waals surface area contributed by atoms with E-state index in [9.17, 15) is 14.4 Å². The Balaban J connectivity index is 3.09. The molecule has 0 spiro atoms. The maximum atomic E-state index is 11.3. The molecule has 128 valence electrons. The van der Waals surface area contributed by atoms with Crippen LogP contribution in [0, 0.1) is 0 Å². The highest BCUT2D eigenvalue weighted by molar-refractivity contribution is 9.09. The van der Waals surface area contributed by atoms with Crippen LogP contribution in [0.2, 0.25) is 0 Å². The summed E-state index contributed by atoms with van der Waals surface area (Å²) in [5.74, 6) is -1.83. The molecule has 1 aliphatic rings. The van der Waals surface area contributed by atoms with Gasteiger partial charge in [0.05, 0.1) is 0 Å². The third kappa shape index (κ3) is 5.70. The van der Waals surface area contributed by atoms with Gasteiger partial charge in [-0.05, 0) is 5.53 Å². The van der Waals surface area contributed by atoms with Crippen molar-refractivity contribution in [3.05, 3.63) is 10.4 Å². The standard InChI is InChI=1S/C12H16BrN3O7/c1-5(17)20-4-8-9(15-16-14)10(21-6(2)18)11(12(13)23-8)22-7(3)19/h8-12H,4H2,1-3H3/t8-,9-,10+,11-,12?/m1/s1. The van der Waals surface area contributed by atoms with E-state index in [4.69, 9.17) is 24.5 Å². The van der Waals surface area contributed by atoms with Crippen LogP contribution in [0.1, 0.15) is 20.8 Å². The molecule has 0 saturated carbocycles. The van der Waals surface area contributed by atoms with E-state index < -0.39 is 47.3 Å². The Kier molecular flexibility index (Phi) is 7.27. The van der Waals surface area contributed by atoms with Crippen molar-refractivity contribution in [2.45, 2.75) is 50.1 Å². The van der Waals surface area contributed by atoms with E-state index in [1.807, 2.05) is 0 Å². The zero-order valence-corrected chi connectivity index (χ0v) is 14.3.